The number of allylic oxidation sites excluding steroid dienone is 1. The average Bonchev–Trinajstić information content (AvgIpc) is 2.65. The molecule has 0 aromatic carbocycles. The third-order valence-electron chi connectivity index (χ3n) is 1.77. The van der Waals surface area contributed by atoms with Gasteiger partial charge in [-0.2, -0.15) is 0 Å². The molecule has 15 heavy (non-hydrogen) atoms. The maximum atomic E-state index is 3.58. The highest BCUT2D eigenvalue weighted by Gasteiger charge is 2.09. The lowest BCUT2D eigenvalue weighted by molar-refractivity contribution is -0.687. The fourth-order valence-electron chi connectivity index (χ4n) is 1.13. The first-order chi connectivity index (χ1) is 7.15. The number of halogens is 4. The van der Waals surface area contributed by atoms with Crippen LogP contribution in [-0.2, 0) is 13.1 Å². The van der Waals surface area contributed by atoms with Crippen LogP contribution in [-0.4, -0.2) is 14.7 Å². The molecule has 6 heteroatoms. The molecule has 0 amide bonds. The van der Waals surface area contributed by atoms with E-state index in [1.54, 1.807) is 0 Å². The molecule has 0 bridgehead atoms. The Morgan fingerprint density at radius 1 is 1.53 bits per heavy atom. The summed E-state index contributed by atoms with van der Waals surface area (Å²) < 4.78 is 5.39. The summed E-state index contributed by atoms with van der Waals surface area (Å²) >= 11 is 13.8. The Hall–Kier alpha value is 0.870. The van der Waals surface area contributed by atoms with E-state index in [0.29, 0.717) is 4.83 Å². The van der Waals surface area contributed by atoms with Gasteiger partial charge < -0.3 is 0 Å². The van der Waals surface area contributed by atoms with Crippen molar-refractivity contribution >= 4 is 63.7 Å². The van der Waals surface area contributed by atoms with E-state index in [-0.39, 0.29) is 0 Å². The van der Waals surface area contributed by atoms with Gasteiger partial charge in [-0.1, -0.05) is 63.7 Å². The lowest BCUT2D eigenvalue weighted by Crippen LogP contribution is -2.31. The minimum atomic E-state index is 0.466. The molecule has 1 heterocycles. The Bertz CT molecular complexity index is 335. The summed E-state index contributed by atoms with van der Waals surface area (Å²) in [6.07, 6.45) is 6.23. The average molecular weight is 467 g/mol. The van der Waals surface area contributed by atoms with Gasteiger partial charge in [0.05, 0.1) is 4.83 Å². The first-order valence-electron chi connectivity index (χ1n) is 4.35. The van der Waals surface area contributed by atoms with Gasteiger partial charge in [0.1, 0.15) is 25.5 Å². The van der Waals surface area contributed by atoms with Crippen LogP contribution in [0, 0.1) is 0 Å². The fraction of sp³-hybridized carbons (Fsp3) is 0.444. The Balaban J connectivity index is 2.56. The second kappa shape index (κ2) is 7.25. The van der Waals surface area contributed by atoms with Crippen molar-refractivity contribution in [3.63, 3.8) is 0 Å². The minimum absolute atomic E-state index is 0.466. The molecule has 84 valence electrons. The quantitative estimate of drug-likeness (QED) is 0.463. The molecular formula is C9H11Br4N2+. The number of nitrogens with zero attached hydrogens (tertiary/aromatic N) is 2. The Kier molecular flexibility index (Phi) is 6.73. The molecule has 2 nitrogen and oxygen atoms in total. The van der Waals surface area contributed by atoms with Gasteiger partial charge in [0, 0.05) is 9.81 Å². The van der Waals surface area contributed by atoms with Crippen LogP contribution in [0.15, 0.2) is 28.2 Å². The molecule has 0 aliphatic heterocycles. The predicted octanol–water partition coefficient (Wildman–Crippen LogP) is 3.57. The molecule has 1 atom stereocenters. The van der Waals surface area contributed by atoms with Gasteiger partial charge in [0.15, 0.2) is 0 Å². The van der Waals surface area contributed by atoms with Crippen LogP contribution < -0.4 is 4.57 Å². The van der Waals surface area contributed by atoms with Crippen LogP contribution in [0.25, 0.3) is 0 Å². The van der Waals surface area contributed by atoms with E-state index < -0.39 is 0 Å². The largest absolute Gasteiger partial charge is 0.244 e. The van der Waals surface area contributed by atoms with Crippen molar-refractivity contribution < 1.29 is 4.57 Å². The second-order valence-electron chi connectivity index (χ2n) is 3.09. The Morgan fingerprint density at radius 2 is 2.27 bits per heavy atom. The predicted molar refractivity (Wildman–Crippen MR) is 77.1 cm³/mol. The molecule has 1 rings (SSSR count). The highest BCUT2D eigenvalue weighted by molar-refractivity contribution is 9.14. The lowest BCUT2D eigenvalue weighted by Gasteiger charge is -2.00. The lowest BCUT2D eigenvalue weighted by atomic mass is 10.5. The molecule has 1 aromatic heterocycles. The molecule has 0 fully saturated rings. The van der Waals surface area contributed by atoms with Gasteiger partial charge in [-0.3, -0.25) is 0 Å². The SMILES string of the molecule is Br/C=C(/Br)C[n+]1ccn(CC(Br)CBr)c1. The van der Waals surface area contributed by atoms with Gasteiger partial charge in [0.2, 0.25) is 6.33 Å². The summed E-state index contributed by atoms with van der Waals surface area (Å²) in [4.78, 5) is 2.34. The summed E-state index contributed by atoms with van der Waals surface area (Å²) in [7, 11) is 0. The third-order valence-corrected chi connectivity index (χ3v) is 5.69. The molecular weight excluding hydrogens is 456 g/mol. The summed E-state index contributed by atoms with van der Waals surface area (Å²) in [5.74, 6) is 0. The summed E-state index contributed by atoms with van der Waals surface area (Å²) in [5, 5.41) is 0.955. The van der Waals surface area contributed by atoms with Gasteiger partial charge in [-0.25, -0.2) is 9.13 Å². The topological polar surface area (TPSA) is 8.81 Å². The van der Waals surface area contributed by atoms with Gasteiger partial charge in [-0.15, -0.1) is 0 Å². The molecule has 1 aromatic rings. The number of alkyl halides is 2. The number of hydrogen-bond donors (Lipinski definition) is 0. The molecule has 0 spiro atoms. The zero-order valence-electron chi connectivity index (χ0n) is 7.91. The number of rotatable bonds is 5. The van der Waals surface area contributed by atoms with Crippen molar-refractivity contribution in [2.75, 3.05) is 5.33 Å². The van der Waals surface area contributed by atoms with E-state index in [2.05, 4.69) is 91.6 Å². The summed E-state index contributed by atoms with van der Waals surface area (Å²) in [5.41, 5.74) is 0. The van der Waals surface area contributed by atoms with Crippen LogP contribution in [0.3, 0.4) is 0 Å². The summed E-state index contributed by atoms with van der Waals surface area (Å²) in [6.45, 7) is 1.81. The van der Waals surface area contributed by atoms with E-state index in [1.165, 1.54) is 0 Å². The maximum absolute atomic E-state index is 3.58. The standard InChI is InChI=1S/C9H11Br4N2/c10-3-8(12)5-14-1-2-15(7-14)6-9(13)4-11/h1-3,7,9H,4-6H2/q+1/b8-3+. The Labute approximate surface area is 123 Å². The van der Waals surface area contributed by atoms with Crippen molar-refractivity contribution in [2.45, 2.75) is 17.9 Å². The van der Waals surface area contributed by atoms with Crippen molar-refractivity contribution in [3.8, 4) is 0 Å². The monoisotopic (exact) mass is 463 g/mol. The van der Waals surface area contributed by atoms with Crippen LogP contribution in [0.5, 0.6) is 0 Å². The molecule has 0 aliphatic carbocycles. The molecule has 0 aliphatic rings. The maximum Gasteiger partial charge on any atom is 0.244 e. The zero-order chi connectivity index (χ0) is 11.3. The van der Waals surface area contributed by atoms with E-state index >= 15 is 0 Å². The van der Waals surface area contributed by atoms with Crippen LogP contribution >= 0.6 is 63.7 Å². The first kappa shape index (κ1) is 13.9. The number of imidazole rings is 1. The van der Waals surface area contributed by atoms with Crippen LogP contribution in [0.1, 0.15) is 0 Å². The van der Waals surface area contributed by atoms with Gasteiger partial charge in [0.25, 0.3) is 0 Å². The zero-order valence-corrected chi connectivity index (χ0v) is 14.3. The Morgan fingerprint density at radius 3 is 2.87 bits per heavy atom. The molecule has 0 N–H and O–H groups in total. The van der Waals surface area contributed by atoms with Crippen LogP contribution in [0.4, 0.5) is 0 Å². The highest BCUT2D eigenvalue weighted by atomic mass is 79.9. The molecule has 0 radical (unpaired) electrons. The normalized spacial score (nSPS) is 14.3. The van der Waals surface area contributed by atoms with E-state index in [9.17, 15) is 0 Å². The number of hydrogen-bond acceptors (Lipinski definition) is 0. The smallest absolute Gasteiger partial charge is 0.236 e. The summed E-state index contributed by atoms with van der Waals surface area (Å²) in [6, 6.07) is 0. The first-order valence-corrected chi connectivity index (χ1v) is 8.10. The molecule has 0 saturated carbocycles. The molecule has 0 saturated heterocycles. The van der Waals surface area contributed by atoms with Crippen LogP contribution in [0.2, 0.25) is 0 Å². The van der Waals surface area contributed by atoms with Crippen molar-refractivity contribution in [2.24, 2.45) is 0 Å². The van der Waals surface area contributed by atoms with Crippen molar-refractivity contribution in [1.82, 2.24) is 4.57 Å². The van der Waals surface area contributed by atoms with E-state index in [1.807, 2.05) is 4.99 Å². The molecule has 1 unspecified atom stereocenters. The van der Waals surface area contributed by atoms with Crippen molar-refractivity contribution in [3.05, 3.63) is 28.2 Å². The van der Waals surface area contributed by atoms with E-state index in [4.69, 9.17) is 0 Å². The van der Waals surface area contributed by atoms with Crippen molar-refractivity contribution in [1.29, 1.82) is 0 Å². The minimum Gasteiger partial charge on any atom is -0.236 e. The fourth-order valence-corrected chi connectivity index (χ4v) is 2.10. The van der Waals surface area contributed by atoms with Gasteiger partial charge >= 0.3 is 0 Å². The highest BCUT2D eigenvalue weighted by Crippen LogP contribution is 2.08. The van der Waals surface area contributed by atoms with E-state index in [0.717, 1.165) is 22.9 Å². The second-order valence-corrected chi connectivity index (χ2v) is 6.51. The van der Waals surface area contributed by atoms with Gasteiger partial charge in [-0.05, 0) is 4.99 Å². The number of aromatic nitrogens is 2. The third kappa shape index (κ3) is 5.15.